The molecule has 18 nitrogen and oxygen atoms in total. The molecule has 4 rings (SSSR count). The Kier molecular flexibility index (Phi) is 22.4. The van der Waals surface area contributed by atoms with Gasteiger partial charge in [-0.25, -0.2) is 9.59 Å². The highest BCUT2D eigenvalue weighted by Crippen LogP contribution is 2.45. The SMILES string of the molecule is CCc1c(Cl)c(O)c(Cl)c(O)c1C(=O)O[C@H]1[C@H](O)[C@H](OC)[C@H](OC/C2=C\C=C\C[C@H](O)/C(C)=C\[C@H](CC)[C@@H](O[C@@H]3OC(C)(C)[C@@H](OC(=O)C(C)C)[C@H](O)[C@@H]3O)/C(C)=C/C(C)=C/CC([C@@H](C)O)OC2=O)O[C@@H]1C. The smallest absolute Gasteiger partial charge is 0.342 e. The second-order valence-electron chi connectivity index (χ2n) is 19.4. The first kappa shape index (κ1) is 60.7. The minimum absolute atomic E-state index is 0.0372. The average molecular weight is 1060 g/mol. The summed E-state index contributed by atoms with van der Waals surface area (Å²) in [5.41, 5.74) is 0.318. The van der Waals surface area contributed by atoms with E-state index in [0.717, 1.165) is 0 Å². The Morgan fingerprint density at radius 2 is 1.57 bits per heavy atom. The third-order valence-electron chi connectivity index (χ3n) is 13.0. The molecule has 0 bridgehead atoms. The summed E-state index contributed by atoms with van der Waals surface area (Å²) in [6.07, 6.45) is -5.45. The van der Waals surface area contributed by atoms with Crippen molar-refractivity contribution in [2.24, 2.45) is 11.8 Å². The van der Waals surface area contributed by atoms with Gasteiger partial charge in [-0.2, -0.15) is 0 Å². The number of ether oxygens (including phenoxy) is 8. The number of rotatable bonds is 13. The van der Waals surface area contributed by atoms with E-state index in [1.54, 1.807) is 53.7 Å². The molecule has 2 saturated heterocycles. The Bertz CT molecular complexity index is 2220. The lowest BCUT2D eigenvalue weighted by molar-refractivity contribution is -0.333. The zero-order valence-corrected chi connectivity index (χ0v) is 44.5. The monoisotopic (exact) mass is 1060 g/mol. The lowest BCUT2D eigenvalue weighted by Gasteiger charge is -2.47. The molecule has 3 aliphatic heterocycles. The summed E-state index contributed by atoms with van der Waals surface area (Å²) in [5, 5.41) is 76.5. The zero-order valence-electron chi connectivity index (χ0n) is 43.0. The number of aliphatic hydroxyl groups is 5. The number of allylic oxidation sites excluding steroid dienone is 4. The molecule has 0 amide bonds. The number of aliphatic hydroxyl groups excluding tert-OH is 5. The Morgan fingerprint density at radius 1 is 0.903 bits per heavy atom. The number of phenols is 2. The highest BCUT2D eigenvalue weighted by Gasteiger charge is 2.53. The lowest BCUT2D eigenvalue weighted by atomic mass is 9.88. The van der Waals surface area contributed by atoms with Gasteiger partial charge in [-0.15, -0.1) is 0 Å². The number of halogens is 2. The second kappa shape index (κ2) is 26.5. The van der Waals surface area contributed by atoms with Gasteiger partial charge in [-0.05, 0) is 90.5 Å². The van der Waals surface area contributed by atoms with E-state index in [4.69, 9.17) is 61.1 Å². The number of hydrogen-bond acceptors (Lipinski definition) is 18. The van der Waals surface area contributed by atoms with Crippen LogP contribution in [0.5, 0.6) is 11.5 Å². The molecule has 20 heteroatoms. The van der Waals surface area contributed by atoms with E-state index in [0.29, 0.717) is 23.1 Å². The third-order valence-corrected chi connectivity index (χ3v) is 13.8. The number of aromatic hydroxyl groups is 2. The Hall–Kier alpha value is -3.89. The quantitative estimate of drug-likeness (QED) is 0.0655. The predicted octanol–water partition coefficient (Wildman–Crippen LogP) is 6.23. The first-order valence-corrected chi connectivity index (χ1v) is 24.9. The van der Waals surface area contributed by atoms with Crippen molar-refractivity contribution in [1.82, 2.24) is 0 Å². The van der Waals surface area contributed by atoms with E-state index in [-0.39, 0.29) is 35.4 Å². The van der Waals surface area contributed by atoms with Crippen molar-refractivity contribution in [3.63, 3.8) is 0 Å². The van der Waals surface area contributed by atoms with Crippen LogP contribution >= 0.6 is 23.2 Å². The number of methoxy groups -OCH3 is 1. The number of esters is 3. The summed E-state index contributed by atoms with van der Waals surface area (Å²) >= 11 is 12.3. The van der Waals surface area contributed by atoms with Gasteiger partial charge in [0.2, 0.25) is 0 Å². The van der Waals surface area contributed by atoms with E-state index in [9.17, 15) is 50.1 Å². The van der Waals surface area contributed by atoms with Crippen LogP contribution in [-0.4, -0.2) is 153 Å². The van der Waals surface area contributed by atoms with Gasteiger partial charge in [0, 0.05) is 19.4 Å². The molecule has 72 heavy (non-hydrogen) atoms. The van der Waals surface area contributed by atoms with Crippen molar-refractivity contribution >= 4 is 41.1 Å². The van der Waals surface area contributed by atoms with Gasteiger partial charge in [0.15, 0.2) is 36.3 Å². The Balaban J connectivity index is 1.61. The normalized spacial score (nSPS) is 34.8. The summed E-state index contributed by atoms with van der Waals surface area (Å²) in [6, 6.07) is 0. The van der Waals surface area contributed by atoms with E-state index in [1.165, 1.54) is 33.1 Å². The zero-order chi connectivity index (χ0) is 54.1. The first-order chi connectivity index (χ1) is 33.7. The van der Waals surface area contributed by atoms with Crippen molar-refractivity contribution in [2.75, 3.05) is 13.7 Å². The van der Waals surface area contributed by atoms with Crippen LogP contribution in [0, 0.1) is 11.8 Å². The van der Waals surface area contributed by atoms with Gasteiger partial charge in [0.05, 0.1) is 47.5 Å². The summed E-state index contributed by atoms with van der Waals surface area (Å²) < 4.78 is 47.5. The molecule has 0 radical (unpaired) electrons. The van der Waals surface area contributed by atoms with Crippen molar-refractivity contribution in [1.29, 1.82) is 0 Å². The van der Waals surface area contributed by atoms with Crippen LogP contribution in [0.1, 0.15) is 111 Å². The van der Waals surface area contributed by atoms with Crippen LogP contribution in [0.25, 0.3) is 0 Å². The summed E-state index contributed by atoms with van der Waals surface area (Å²) in [4.78, 5) is 40.0. The fraction of sp³-hybridized carbons (Fsp3) is 0.635. The van der Waals surface area contributed by atoms with Gasteiger partial charge < -0.3 is 73.6 Å². The van der Waals surface area contributed by atoms with Gasteiger partial charge in [-0.3, -0.25) is 4.79 Å². The molecule has 0 aliphatic carbocycles. The Labute approximate surface area is 431 Å². The van der Waals surface area contributed by atoms with Crippen LogP contribution in [0.15, 0.2) is 58.7 Å². The lowest BCUT2D eigenvalue weighted by Crippen LogP contribution is -2.64. The number of cyclic esters (lactones) is 1. The molecular weight excluding hydrogens is 983 g/mol. The van der Waals surface area contributed by atoms with Crippen LogP contribution in [0.3, 0.4) is 0 Å². The van der Waals surface area contributed by atoms with E-state index >= 15 is 0 Å². The van der Waals surface area contributed by atoms with Crippen molar-refractivity contribution in [2.45, 2.75) is 187 Å². The van der Waals surface area contributed by atoms with Crippen molar-refractivity contribution in [3.05, 3.63) is 79.9 Å². The van der Waals surface area contributed by atoms with Gasteiger partial charge in [0.25, 0.3) is 0 Å². The highest BCUT2D eigenvalue weighted by atomic mass is 35.5. The van der Waals surface area contributed by atoms with Gasteiger partial charge in [0.1, 0.15) is 46.7 Å². The minimum atomic E-state index is -1.61. The average Bonchev–Trinajstić information content (AvgIpc) is 3.32. The third kappa shape index (κ3) is 14.7. The summed E-state index contributed by atoms with van der Waals surface area (Å²) in [7, 11) is 1.26. The van der Waals surface area contributed by atoms with E-state index < -0.39 is 144 Å². The predicted molar refractivity (Wildman–Crippen MR) is 265 cm³/mol. The van der Waals surface area contributed by atoms with Crippen LogP contribution in [0.4, 0.5) is 0 Å². The maximum Gasteiger partial charge on any atom is 0.342 e. The van der Waals surface area contributed by atoms with Gasteiger partial charge in [-0.1, -0.05) is 86.9 Å². The minimum Gasteiger partial charge on any atom is -0.505 e. The standard InChI is InChI=1S/C52H74Cl2O18/c1-13-30-22-26(6)33(56)18-16-15-17-31(23-66-51-45(65-12)42(61)44(29(9)67-51)69-49(64)35-32(14-2)36(53)39(58)37(54)38(35)57)48(63)68-34(28(8)55)20-19-25(5)21-27(7)43(30)70-50-41(60)40(59)46(52(10,11)72-50)71-47(62)24(3)4/h15-17,19,21-22,24,28-30,33-34,40-46,50-51,55-61H,13-14,18,20,23H2,1-12H3/b16-15+,25-19+,26-22-,27-21+,31-17+/t28-,29-,30+,33+,34?,40-,41+,42+,43+,44-,45+,46+,50-,51-/m1/s1. The molecule has 1 aromatic carbocycles. The molecule has 1 aromatic rings. The van der Waals surface area contributed by atoms with Crippen molar-refractivity contribution < 1.29 is 88.0 Å². The summed E-state index contributed by atoms with van der Waals surface area (Å²) in [5.74, 6) is -4.78. The Morgan fingerprint density at radius 3 is 2.17 bits per heavy atom. The molecule has 0 aromatic heterocycles. The molecule has 7 N–H and O–H groups in total. The first-order valence-electron chi connectivity index (χ1n) is 24.2. The number of carbonyl (C=O) groups excluding carboxylic acids is 3. The van der Waals surface area contributed by atoms with E-state index in [1.807, 2.05) is 32.9 Å². The van der Waals surface area contributed by atoms with Gasteiger partial charge >= 0.3 is 17.9 Å². The molecule has 0 spiro atoms. The van der Waals surface area contributed by atoms with Crippen LogP contribution in [0.2, 0.25) is 10.0 Å². The molecular formula is C52H74Cl2O18. The molecule has 3 aliphatic rings. The van der Waals surface area contributed by atoms with Crippen molar-refractivity contribution in [3.8, 4) is 11.5 Å². The van der Waals surface area contributed by atoms with E-state index in [2.05, 4.69) is 0 Å². The topological polar surface area (TPSA) is 267 Å². The maximum atomic E-state index is 13.9. The number of hydrogen-bond donors (Lipinski definition) is 7. The van der Waals surface area contributed by atoms with Crippen LogP contribution in [-0.2, 0) is 53.9 Å². The van der Waals surface area contributed by atoms with Crippen LogP contribution < -0.4 is 0 Å². The summed E-state index contributed by atoms with van der Waals surface area (Å²) in [6.45, 7) is 18.1. The molecule has 404 valence electrons. The number of carbonyl (C=O) groups is 3. The number of phenolic OH excluding ortho intramolecular Hbond substituents is 2. The molecule has 2 fully saturated rings. The fourth-order valence-electron chi connectivity index (χ4n) is 8.60. The number of benzene rings is 1. The molecule has 1 unspecified atom stereocenters. The molecule has 3 heterocycles. The maximum absolute atomic E-state index is 13.9. The second-order valence-corrected chi connectivity index (χ2v) is 20.1. The largest absolute Gasteiger partial charge is 0.505 e. The molecule has 14 atom stereocenters. The molecule has 0 saturated carbocycles. The highest BCUT2D eigenvalue weighted by molar-refractivity contribution is 6.39. The fourth-order valence-corrected chi connectivity index (χ4v) is 9.16.